The monoisotopic (exact) mass is 214 g/mol. The van der Waals surface area contributed by atoms with E-state index >= 15 is 0 Å². The lowest BCUT2D eigenvalue weighted by molar-refractivity contribution is -0.384. The van der Waals surface area contributed by atoms with E-state index in [1.54, 1.807) is 0 Å². The van der Waals surface area contributed by atoms with Crippen LogP contribution in [0.25, 0.3) is 0 Å². The van der Waals surface area contributed by atoms with Gasteiger partial charge in [-0.05, 0) is 18.1 Å². The van der Waals surface area contributed by atoms with E-state index in [0.29, 0.717) is 17.0 Å². The van der Waals surface area contributed by atoms with Gasteiger partial charge in [0.05, 0.1) is 4.92 Å². The highest BCUT2D eigenvalue weighted by atomic mass is 35.5. The first-order valence-corrected chi connectivity index (χ1v) is 4.63. The number of non-ortho nitro benzene ring substituents is 1. The van der Waals surface area contributed by atoms with Gasteiger partial charge < -0.3 is 5.73 Å². The number of nitrogens with zero attached hydrogens (tertiary/aromatic N) is 1. The molecule has 0 spiro atoms. The van der Waals surface area contributed by atoms with Gasteiger partial charge in [-0.3, -0.25) is 10.1 Å². The molecule has 0 aliphatic rings. The molecule has 76 valence electrons. The molecule has 0 radical (unpaired) electrons. The van der Waals surface area contributed by atoms with Gasteiger partial charge in [0, 0.05) is 23.2 Å². The van der Waals surface area contributed by atoms with Crippen LogP contribution in [0.2, 0.25) is 5.02 Å². The van der Waals surface area contributed by atoms with Gasteiger partial charge in [-0.25, -0.2) is 0 Å². The van der Waals surface area contributed by atoms with Gasteiger partial charge in [0.25, 0.3) is 5.69 Å². The van der Waals surface area contributed by atoms with Crippen molar-refractivity contribution in [3.05, 3.63) is 38.9 Å². The predicted molar refractivity (Wildman–Crippen MR) is 55.3 cm³/mol. The number of nitrogens with two attached hydrogens (primary N) is 1. The van der Waals surface area contributed by atoms with Crippen molar-refractivity contribution in [1.82, 2.24) is 0 Å². The average molecular weight is 215 g/mol. The van der Waals surface area contributed by atoms with Crippen LogP contribution in [0.15, 0.2) is 18.2 Å². The number of nitro groups is 1. The molecule has 0 saturated heterocycles. The fourth-order valence-electron chi connectivity index (χ4n) is 1.15. The molecule has 0 aliphatic carbocycles. The number of benzene rings is 1. The van der Waals surface area contributed by atoms with E-state index in [1.807, 2.05) is 6.92 Å². The van der Waals surface area contributed by atoms with E-state index in [9.17, 15) is 10.1 Å². The Morgan fingerprint density at radius 3 is 2.79 bits per heavy atom. The second kappa shape index (κ2) is 4.39. The highest BCUT2D eigenvalue weighted by Gasteiger charge is 2.13. The van der Waals surface area contributed by atoms with E-state index in [2.05, 4.69) is 0 Å². The lowest BCUT2D eigenvalue weighted by atomic mass is 10.0. The maximum absolute atomic E-state index is 10.5. The lowest BCUT2D eigenvalue weighted by Gasteiger charge is -2.10. The van der Waals surface area contributed by atoms with Gasteiger partial charge in [0.15, 0.2) is 0 Å². The summed E-state index contributed by atoms with van der Waals surface area (Å²) in [5.74, 6) is 0. The first-order valence-electron chi connectivity index (χ1n) is 4.25. The normalized spacial score (nSPS) is 12.5. The van der Waals surface area contributed by atoms with E-state index in [0.717, 1.165) is 0 Å². The van der Waals surface area contributed by atoms with Crippen LogP contribution in [0.4, 0.5) is 5.69 Å². The Morgan fingerprint density at radius 2 is 2.29 bits per heavy atom. The van der Waals surface area contributed by atoms with Gasteiger partial charge in [0.1, 0.15) is 0 Å². The second-order valence-corrected chi connectivity index (χ2v) is 3.38. The quantitative estimate of drug-likeness (QED) is 0.621. The summed E-state index contributed by atoms with van der Waals surface area (Å²) in [6, 6.07) is 4.05. The molecule has 1 aromatic carbocycles. The zero-order valence-corrected chi connectivity index (χ0v) is 8.49. The standard InChI is InChI=1S/C9H11ClN2O2/c1-2-9(11)7-5-6(12(13)14)3-4-8(7)10/h3-5,9H,2,11H2,1H3/t9-/m0/s1. The summed E-state index contributed by atoms with van der Waals surface area (Å²) >= 11 is 5.87. The molecule has 1 aromatic rings. The van der Waals surface area contributed by atoms with Gasteiger partial charge >= 0.3 is 0 Å². The minimum Gasteiger partial charge on any atom is -0.324 e. The Morgan fingerprint density at radius 1 is 1.64 bits per heavy atom. The number of hydrogen-bond donors (Lipinski definition) is 1. The molecule has 0 fully saturated rings. The Balaban J connectivity index is 3.14. The van der Waals surface area contributed by atoms with Crippen LogP contribution in [-0.4, -0.2) is 4.92 Å². The van der Waals surface area contributed by atoms with E-state index in [4.69, 9.17) is 17.3 Å². The number of rotatable bonds is 3. The molecule has 14 heavy (non-hydrogen) atoms. The zero-order chi connectivity index (χ0) is 10.7. The Labute approximate surface area is 86.8 Å². The van der Waals surface area contributed by atoms with Crippen molar-refractivity contribution >= 4 is 17.3 Å². The van der Waals surface area contributed by atoms with Crippen LogP contribution >= 0.6 is 11.6 Å². The second-order valence-electron chi connectivity index (χ2n) is 2.98. The number of halogens is 1. The Hall–Kier alpha value is -1.13. The third kappa shape index (κ3) is 2.21. The minimum atomic E-state index is -0.456. The van der Waals surface area contributed by atoms with Crippen molar-refractivity contribution in [2.75, 3.05) is 0 Å². The maximum Gasteiger partial charge on any atom is 0.269 e. The van der Waals surface area contributed by atoms with Crippen molar-refractivity contribution in [1.29, 1.82) is 0 Å². The summed E-state index contributed by atoms with van der Waals surface area (Å²) in [4.78, 5) is 10.0. The van der Waals surface area contributed by atoms with Crippen LogP contribution < -0.4 is 5.73 Å². The highest BCUT2D eigenvalue weighted by Crippen LogP contribution is 2.27. The SMILES string of the molecule is CC[C@H](N)c1cc([N+](=O)[O-])ccc1Cl. The van der Waals surface area contributed by atoms with Gasteiger partial charge in [-0.2, -0.15) is 0 Å². The van der Waals surface area contributed by atoms with E-state index in [1.165, 1.54) is 18.2 Å². The van der Waals surface area contributed by atoms with Crippen molar-refractivity contribution < 1.29 is 4.92 Å². The number of hydrogen-bond acceptors (Lipinski definition) is 3. The van der Waals surface area contributed by atoms with Gasteiger partial charge in [0.2, 0.25) is 0 Å². The third-order valence-corrected chi connectivity index (χ3v) is 2.37. The van der Waals surface area contributed by atoms with Crippen molar-refractivity contribution in [2.45, 2.75) is 19.4 Å². The summed E-state index contributed by atoms with van der Waals surface area (Å²) < 4.78 is 0. The predicted octanol–water partition coefficient (Wildman–Crippen LogP) is 2.66. The maximum atomic E-state index is 10.5. The van der Waals surface area contributed by atoms with E-state index < -0.39 is 4.92 Å². The topological polar surface area (TPSA) is 69.2 Å². The van der Waals surface area contributed by atoms with Crippen LogP contribution in [-0.2, 0) is 0 Å². The van der Waals surface area contributed by atoms with Crippen LogP contribution in [0, 0.1) is 10.1 Å². The third-order valence-electron chi connectivity index (χ3n) is 2.03. The molecule has 0 bridgehead atoms. The summed E-state index contributed by atoms with van der Waals surface area (Å²) in [6.45, 7) is 1.90. The highest BCUT2D eigenvalue weighted by molar-refractivity contribution is 6.31. The summed E-state index contributed by atoms with van der Waals surface area (Å²) in [6.07, 6.45) is 0.695. The molecule has 0 saturated carbocycles. The largest absolute Gasteiger partial charge is 0.324 e. The molecule has 0 unspecified atom stereocenters. The summed E-state index contributed by atoms with van der Waals surface area (Å²) in [5, 5.41) is 11.0. The minimum absolute atomic E-state index is 0.0216. The molecular weight excluding hydrogens is 204 g/mol. The first kappa shape index (κ1) is 10.9. The van der Waals surface area contributed by atoms with Gasteiger partial charge in [-0.15, -0.1) is 0 Å². The van der Waals surface area contributed by atoms with E-state index in [-0.39, 0.29) is 11.7 Å². The fourth-order valence-corrected chi connectivity index (χ4v) is 1.41. The van der Waals surface area contributed by atoms with Crippen molar-refractivity contribution in [2.24, 2.45) is 5.73 Å². The van der Waals surface area contributed by atoms with Crippen LogP contribution in [0.5, 0.6) is 0 Å². The molecule has 0 amide bonds. The molecular formula is C9H11ClN2O2. The Kier molecular flexibility index (Phi) is 3.43. The molecule has 2 N–H and O–H groups in total. The fraction of sp³-hybridized carbons (Fsp3) is 0.333. The van der Waals surface area contributed by atoms with Crippen LogP contribution in [0.3, 0.4) is 0 Å². The van der Waals surface area contributed by atoms with Crippen molar-refractivity contribution in [3.63, 3.8) is 0 Å². The zero-order valence-electron chi connectivity index (χ0n) is 7.74. The molecule has 1 rings (SSSR count). The van der Waals surface area contributed by atoms with Crippen molar-refractivity contribution in [3.8, 4) is 0 Å². The molecule has 1 atom stereocenters. The average Bonchev–Trinajstić information content (AvgIpc) is 2.17. The summed E-state index contributed by atoms with van der Waals surface area (Å²) in [7, 11) is 0. The molecule has 0 heterocycles. The molecule has 0 aliphatic heterocycles. The molecule has 0 aromatic heterocycles. The smallest absolute Gasteiger partial charge is 0.269 e. The molecule has 5 heteroatoms. The first-order chi connectivity index (χ1) is 6.56. The molecule has 4 nitrogen and oxygen atoms in total. The summed E-state index contributed by atoms with van der Waals surface area (Å²) in [5.41, 5.74) is 6.41. The lowest BCUT2D eigenvalue weighted by Crippen LogP contribution is -2.09. The van der Waals surface area contributed by atoms with Crippen LogP contribution in [0.1, 0.15) is 24.9 Å². The number of nitro benzene ring substituents is 1. The Bertz CT molecular complexity index is 355. The van der Waals surface area contributed by atoms with Gasteiger partial charge in [-0.1, -0.05) is 18.5 Å².